The SMILES string of the molecule is NC1=C2C=CC(C(=O)Nc3ccnc4[nH]ncc34)C=C2CCCC1. The van der Waals surface area contributed by atoms with Crippen LogP contribution in [-0.2, 0) is 4.79 Å². The molecule has 0 aliphatic heterocycles. The van der Waals surface area contributed by atoms with Gasteiger partial charge in [-0.15, -0.1) is 0 Å². The van der Waals surface area contributed by atoms with Crippen LogP contribution in [-0.4, -0.2) is 21.1 Å². The zero-order valence-electron chi connectivity index (χ0n) is 13.2. The van der Waals surface area contributed by atoms with Crippen molar-refractivity contribution in [2.24, 2.45) is 11.7 Å². The van der Waals surface area contributed by atoms with E-state index in [9.17, 15) is 4.79 Å². The van der Waals surface area contributed by atoms with E-state index in [1.807, 2.05) is 18.2 Å². The number of nitrogens with one attached hydrogen (secondary N) is 2. The number of aromatic nitrogens is 3. The number of anilines is 1. The molecule has 0 bridgehead atoms. The molecule has 1 unspecified atom stereocenters. The van der Waals surface area contributed by atoms with E-state index < -0.39 is 0 Å². The summed E-state index contributed by atoms with van der Waals surface area (Å²) in [5.74, 6) is -0.348. The normalized spacial score (nSPS) is 20.5. The Kier molecular flexibility index (Phi) is 3.65. The molecule has 0 aromatic carbocycles. The first-order valence-corrected chi connectivity index (χ1v) is 8.19. The molecule has 4 N–H and O–H groups in total. The lowest BCUT2D eigenvalue weighted by molar-refractivity contribution is -0.117. The molecule has 2 aliphatic rings. The highest BCUT2D eigenvalue weighted by Gasteiger charge is 2.22. The molecule has 24 heavy (non-hydrogen) atoms. The average Bonchev–Trinajstić information content (AvgIpc) is 3.00. The summed E-state index contributed by atoms with van der Waals surface area (Å²) >= 11 is 0. The van der Waals surface area contributed by atoms with Crippen LogP contribution in [0.4, 0.5) is 5.69 Å². The van der Waals surface area contributed by atoms with Crippen molar-refractivity contribution < 1.29 is 4.79 Å². The Morgan fingerprint density at radius 1 is 1.33 bits per heavy atom. The first-order chi connectivity index (χ1) is 11.7. The molecule has 0 saturated heterocycles. The number of rotatable bonds is 2. The number of carbonyl (C=O) groups excluding carboxylic acids is 1. The minimum atomic E-state index is -0.287. The summed E-state index contributed by atoms with van der Waals surface area (Å²) in [5.41, 5.74) is 10.8. The topological polar surface area (TPSA) is 96.7 Å². The molecular formula is C18H19N5O. The Hall–Kier alpha value is -2.89. The predicted octanol–water partition coefficient (Wildman–Crippen LogP) is 2.80. The molecule has 0 spiro atoms. The largest absolute Gasteiger partial charge is 0.402 e. The lowest BCUT2D eigenvalue weighted by atomic mass is 9.90. The molecule has 0 saturated carbocycles. The van der Waals surface area contributed by atoms with Crippen LogP contribution in [0.15, 0.2) is 53.5 Å². The standard InChI is InChI=1S/C18H19N5O/c19-15-4-2-1-3-11-9-12(5-6-13(11)15)18(24)22-16-7-8-20-17-14(16)10-21-23-17/h5-10,12H,1-4,19H2,(H2,20,21,22,23,24). The first-order valence-electron chi connectivity index (χ1n) is 8.19. The van der Waals surface area contributed by atoms with Crippen molar-refractivity contribution in [2.75, 3.05) is 5.32 Å². The molecule has 1 amide bonds. The third kappa shape index (κ3) is 2.60. The van der Waals surface area contributed by atoms with Crippen LogP contribution < -0.4 is 11.1 Å². The van der Waals surface area contributed by atoms with Crippen molar-refractivity contribution in [3.05, 3.63) is 53.5 Å². The van der Waals surface area contributed by atoms with Crippen LogP contribution in [0.25, 0.3) is 11.0 Å². The van der Waals surface area contributed by atoms with Crippen LogP contribution in [0, 0.1) is 5.92 Å². The van der Waals surface area contributed by atoms with E-state index in [2.05, 4.69) is 20.5 Å². The van der Waals surface area contributed by atoms with Gasteiger partial charge in [-0.1, -0.05) is 18.2 Å². The molecule has 1 atom stereocenters. The number of aromatic amines is 1. The molecule has 6 nitrogen and oxygen atoms in total. The van der Waals surface area contributed by atoms with Gasteiger partial charge in [0.2, 0.25) is 5.91 Å². The number of hydrogen-bond donors (Lipinski definition) is 3. The molecule has 122 valence electrons. The molecule has 2 aromatic heterocycles. The summed E-state index contributed by atoms with van der Waals surface area (Å²) in [6.07, 6.45) is 13.4. The van der Waals surface area contributed by atoms with Gasteiger partial charge < -0.3 is 11.1 Å². The number of carbonyl (C=O) groups is 1. The lowest BCUT2D eigenvalue weighted by Gasteiger charge is -2.18. The smallest absolute Gasteiger partial charge is 0.235 e. The quantitative estimate of drug-likeness (QED) is 0.792. The van der Waals surface area contributed by atoms with Gasteiger partial charge in [0.1, 0.15) is 0 Å². The zero-order valence-corrected chi connectivity index (χ0v) is 13.2. The molecule has 2 heterocycles. The van der Waals surface area contributed by atoms with E-state index in [1.165, 1.54) is 5.57 Å². The van der Waals surface area contributed by atoms with Gasteiger partial charge in [0.15, 0.2) is 5.65 Å². The van der Waals surface area contributed by atoms with Crippen molar-refractivity contribution in [3.63, 3.8) is 0 Å². The minimum absolute atomic E-state index is 0.0608. The number of pyridine rings is 1. The fourth-order valence-corrected chi connectivity index (χ4v) is 3.30. The summed E-state index contributed by atoms with van der Waals surface area (Å²) in [4.78, 5) is 16.8. The van der Waals surface area contributed by atoms with Gasteiger partial charge in [0, 0.05) is 11.9 Å². The second-order valence-corrected chi connectivity index (χ2v) is 6.20. The van der Waals surface area contributed by atoms with Crippen LogP contribution in [0.1, 0.15) is 25.7 Å². The van der Waals surface area contributed by atoms with E-state index in [1.54, 1.807) is 18.5 Å². The van der Waals surface area contributed by atoms with Crippen LogP contribution in [0.3, 0.4) is 0 Å². The summed E-state index contributed by atoms with van der Waals surface area (Å²) in [7, 11) is 0. The van der Waals surface area contributed by atoms with Crippen LogP contribution >= 0.6 is 0 Å². The number of nitrogens with two attached hydrogens (primary N) is 1. The number of fused-ring (bicyclic) bond motifs is 2. The van der Waals surface area contributed by atoms with Gasteiger partial charge in [0.25, 0.3) is 0 Å². The minimum Gasteiger partial charge on any atom is -0.402 e. The van der Waals surface area contributed by atoms with E-state index in [-0.39, 0.29) is 11.8 Å². The van der Waals surface area contributed by atoms with Gasteiger partial charge in [0.05, 0.1) is 23.2 Å². The van der Waals surface area contributed by atoms with Gasteiger partial charge in [-0.05, 0) is 42.9 Å². The summed E-state index contributed by atoms with van der Waals surface area (Å²) in [5, 5.41) is 10.6. The Morgan fingerprint density at radius 3 is 3.12 bits per heavy atom. The number of H-pyrrole nitrogens is 1. The Morgan fingerprint density at radius 2 is 2.21 bits per heavy atom. The van der Waals surface area contributed by atoms with E-state index in [4.69, 9.17) is 5.73 Å². The number of amides is 1. The summed E-state index contributed by atoms with van der Waals surface area (Å²) in [6, 6.07) is 1.78. The number of allylic oxidation sites excluding steroid dienone is 4. The molecule has 0 fully saturated rings. The summed E-state index contributed by atoms with van der Waals surface area (Å²) in [6.45, 7) is 0. The molecule has 2 aromatic rings. The predicted molar refractivity (Wildman–Crippen MR) is 92.9 cm³/mol. The third-order valence-electron chi connectivity index (χ3n) is 4.60. The van der Waals surface area contributed by atoms with Gasteiger partial charge in [-0.25, -0.2) is 4.98 Å². The van der Waals surface area contributed by atoms with Crippen molar-refractivity contribution in [1.82, 2.24) is 15.2 Å². The van der Waals surface area contributed by atoms with Gasteiger partial charge >= 0.3 is 0 Å². The van der Waals surface area contributed by atoms with Crippen molar-refractivity contribution in [2.45, 2.75) is 25.7 Å². The Labute approximate surface area is 139 Å². The Balaban J connectivity index is 1.59. The molecular weight excluding hydrogens is 302 g/mol. The van der Waals surface area contributed by atoms with Crippen molar-refractivity contribution in [1.29, 1.82) is 0 Å². The monoisotopic (exact) mass is 321 g/mol. The molecule has 4 rings (SSSR count). The molecule has 6 heteroatoms. The second kappa shape index (κ2) is 5.96. The first kappa shape index (κ1) is 14.7. The van der Waals surface area contributed by atoms with Crippen LogP contribution in [0.5, 0.6) is 0 Å². The molecule has 0 radical (unpaired) electrons. The fraction of sp³-hybridized carbons (Fsp3) is 0.278. The van der Waals surface area contributed by atoms with E-state index in [0.717, 1.165) is 42.3 Å². The van der Waals surface area contributed by atoms with Crippen molar-refractivity contribution >= 4 is 22.6 Å². The second-order valence-electron chi connectivity index (χ2n) is 6.20. The zero-order chi connectivity index (χ0) is 16.5. The highest BCUT2D eigenvalue weighted by Crippen LogP contribution is 2.32. The maximum Gasteiger partial charge on any atom is 0.235 e. The number of nitrogens with zero attached hydrogens (tertiary/aromatic N) is 2. The maximum atomic E-state index is 12.7. The summed E-state index contributed by atoms with van der Waals surface area (Å²) < 4.78 is 0. The van der Waals surface area contributed by atoms with Gasteiger partial charge in [-0.3, -0.25) is 9.89 Å². The maximum absolute atomic E-state index is 12.7. The highest BCUT2D eigenvalue weighted by atomic mass is 16.1. The highest BCUT2D eigenvalue weighted by molar-refractivity contribution is 6.02. The lowest BCUT2D eigenvalue weighted by Crippen LogP contribution is -2.22. The van der Waals surface area contributed by atoms with Gasteiger partial charge in [-0.2, -0.15) is 5.10 Å². The number of hydrogen-bond acceptors (Lipinski definition) is 4. The average molecular weight is 321 g/mol. The van der Waals surface area contributed by atoms with Crippen molar-refractivity contribution in [3.8, 4) is 0 Å². The third-order valence-corrected chi connectivity index (χ3v) is 4.60. The van der Waals surface area contributed by atoms with E-state index >= 15 is 0 Å². The fourth-order valence-electron chi connectivity index (χ4n) is 3.30. The molecule has 2 aliphatic carbocycles. The Bertz CT molecular complexity index is 890. The van der Waals surface area contributed by atoms with E-state index in [0.29, 0.717) is 11.3 Å². The van der Waals surface area contributed by atoms with Crippen LogP contribution in [0.2, 0.25) is 0 Å².